The van der Waals surface area contributed by atoms with Gasteiger partial charge in [-0.1, -0.05) is 43.0 Å². The first-order valence-electron chi connectivity index (χ1n) is 9.41. The van der Waals surface area contributed by atoms with E-state index in [4.69, 9.17) is 10.00 Å². The van der Waals surface area contributed by atoms with Crippen LogP contribution in [0.2, 0.25) is 0 Å². The molecule has 6 heteroatoms. The van der Waals surface area contributed by atoms with E-state index in [9.17, 15) is 4.79 Å². The number of anilines is 1. The normalized spacial score (nSPS) is 16.9. The smallest absolute Gasteiger partial charge is 0.260 e. The van der Waals surface area contributed by atoms with Crippen LogP contribution in [0.5, 0.6) is 5.75 Å². The Hall–Kier alpha value is -3.17. The summed E-state index contributed by atoms with van der Waals surface area (Å²) in [7, 11) is 0. The number of rotatable bonds is 8. The third kappa shape index (κ3) is 5.43. The Bertz CT molecular complexity index is 961. The van der Waals surface area contributed by atoms with Crippen molar-refractivity contribution in [2.45, 2.75) is 25.3 Å². The number of nitriles is 1. The van der Waals surface area contributed by atoms with Crippen LogP contribution in [0, 0.1) is 11.3 Å². The topological polar surface area (TPSA) is 74.2 Å². The molecule has 5 nitrogen and oxygen atoms in total. The first kappa shape index (κ1) is 20.6. The number of thioether (sulfide) groups is 1. The summed E-state index contributed by atoms with van der Waals surface area (Å²) in [5.41, 5.74) is 3.85. The zero-order valence-electron chi connectivity index (χ0n) is 16.3. The summed E-state index contributed by atoms with van der Waals surface area (Å²) < 4.78 is 5.46. The van der Waals surface area contributed by atoms with E-state index in [1.807, 2.05) is 42.5 Å². The lowest BCUT2D eigenvalue weighted by molar-refractivity contribution is -0.116. The van der Waals surface area contributed by atoms with E-state index in [1.54, 1.807) is 6.08 Å². The highest BCUT2D eigenvalue weighted by molar-refractivity contribution is 8.05. The lowest BCUT2D eigenvalue weighted by Gasteiger charge is -2.13. The average molecular weight is 406 g/mol. The molecule has 2 aromatic rings. The van der Waals surface area contributed by atoms with Crippen LogP contribution in [0.3, 0.4) is 0 Å². The Kier molecular flexibility index (Phi) is 6.99. The lowest BCUT2D eigenvalue weighted by atomic mass is 10.1. The van der Waals surface area contributed by atoms with Gasteiger partial charge in [0.25, 0.3) is 5.91 Å². The van der Waals surface area contributed by atoms with Gasteiger partial charge in [0.05, 0.1) is 4.91 Å². The van der Waals surface area contributed by atoms with Crippen LogP contribution in [-0.2, 0) is 17.6 Å². The molecule has 0 aromatic heterocycles. The third-order valence-electron chi connectivity index (χ3n) is 4.43. The number of ether oxygens (including phenoxy) is 1. The molecule has 2 aromatic carbocycles. The predicted octanol–water partition coefficient (Wildman–Crippen LogP) is 4.48. The van der Waals surface area contributed by atoms with Crippen LogP contribution in [-0.4, -0.2) is 18.0 Å². The Morgan fingerprint density at radius 1 is 1.31 bits per heavy atom. The van der Waals surface area contributed by atoms with Gasteiger partial charge in [0, 0.05) is 5.69 Å². The van der Waals surface area contributed by atoms with E-state index in [2.05, 4.69) is 36.3 Å². The molecule has 148 valence electrons. The van der Waals surface area contributed by atoms with E-state index in [1.165, 1.54) is 17.3 Å². The van der Waals surface area contributed by atoms with E-state index in [-0.39, 0.29) is 18.0 Å². The molecule has 29 heavy (non-hydrogen) atoms. The number of allylic oxidation sites excluding steroid dienone is 1. The van der Waals surface area contributed by atoms with E-state index < -0.39 is 0 Å². The molecule has 0 aliphatic carbocycles. The van der Waals surface area contributed by atoms with E-state index in [0.29, 0.717) is 17.1 Å². The predicted molar refractivity (Wildman–Crippen MR) is 118 cm³/mol. The molecule has 0 bridgehead atoms. The van der Waals surface area contributed by atoms with Gasteiger partial charge in [-0.3, -0.25) is 4.79 Å². The fraction of sp³-hybridized carbons (Fsp3) is 0.217. The number of amides is 1. The molecule has 1 aliphatic heterocycles. The summed E-state index contributed by atoms with van der Waals surface area (Å²) in [6, 6.07) is 15.8. The Morgan fingerprint density at radius 3 is 2.79 bits per heavy atom. The summed E-state index contributed by atoms with van der Waals surface area (Å²) in [4.78, 5) is 13.0. The molecule has 0 unspecified atom stereocenters. The monoisotopic (exact) mass is 405 g/mol. The maximum atomic E-state index is 12.4. The molecule has 1 heterocycles. The molecular formula is C23H23N3O2S. The summed E-state index contributed by atoms with van der Waals surface area (Å²) in [5, 5.41) is 15.0. The van der Waals surface area contributed by atoms with Crippen molar-refractivity contribution in [3.8, 4) is 11.8 Å². The summed E-state index contributed by atoms with van der Waals surface area (Å²) in [6.45, 7) is 5.89. The molecule has 1 saturated heterocycles. The van der Waals surface area contributed by atoms with Crippen molar-refractivity contribution in [1.29, 1.82) is 5.26 Å². The van der Waals surface area contributed by atoms with Crippen molar-refractivity contribution < 1.29 is 9.53 Å². The first-order valence-corrected chi connectivity index (χ1v) is 10.3. The van der Waals surface area contributed by atoms with Crippen LogP contribution in [0.4, 0.5) is 5.69 Å². The van der Waals surface area contributed by atoms with Gasteiger partial charge in [-0.05, 0) is 59.9 Å². The van der Waals surface area contributed by atoms with Gasteiger partial charge in [0.1, 0.15) is 11.8 Å². The fourth-order valence-corrected chi connectivity index (χ4v) is 3.94. The van der Waals surface area contributed by atoms with E-state index >= 15 is 0 Å². The van der Waals surface area contributed by atoms with Crippen molar-refractivity contribution in [3.05, 3.63) is 76.7 Å². The molecule has 1 atom stereocenters. The van der Waals surface area contributed by atoms with Gasteiger partial charge >= 0.3 is 0 Å². The second kappa shape index (κ2) is 9.85. The van der Waals surface area contributed by atoms with Crippen LogP contribution < -0.4 is 15.4 Å². The largest absolute Gasteiger partial charge is 0.478 e. The van der Waals surface area contributed by atoms with Gasteiger partial charge in [0.15, 0.2) is 12.1 Å². The van der Waals surface area contributed by atoms with E-state index in [0.717, 1.165) is 23.2 Å². The van der Waals surface area contributed by atoms with Crippen molar-refractivity contribution >= 4 is 29.4 Å². The van der Waals surface area contributed by atoms with Crippen molar-refractivity contribution in [1.82, 2.24) is 5.32 Å². The molecule has 2 N–H and O–H groups in total. The van der Waals surface area contributed by atoms with Crippen LogP contribution >= 0.6 is 11.8 Å². The number of nitrogens with one attached hydrogen (secondary N) is 2. The number of hydrogen-bond donors (Lipinski definition) is 2. The highest BCUT2D eigenvalue weighted by Crippen LogP contribution is 2.31. The minimum atomic E-state index is -0.216. The maximum Gasteiger partial charge on any atom is 0.260 e. The fourth-order valence-electron chi connectivity index (χ4n) is 2.96. The van der Waals surface area contributed by atoms with Gasteiger partial charge in [-0.15, -0.1) is 6.58 Å². The number of nitrogens with zero attached hydrogens (tertiary/aromatic N) is 1. The average Bonchev–Trinajstić information content (AvgIpc) is 3.07. The highest BCUT2D eigenvalue weighted by Gasteiger charge is 2.27. The Morgan fingerprint density at radius 2 is 2.10 bits per heavy atom. The second-order valence-corrected chi connectivity index (χ2v) is 7.63. The molecule has 3 rings (SSSR count). The summed E-state index contributed by atoms with van der Waals surface area (Å²) >= 11 is 1.45. The van der Waals surface area contributed by atoms with Gasteiger partial charge in [0.2, 0.25) is 0 Å². The zero-order valence-corrected chi connectivity index (χ0v) is 17.1. The molecule has 0 radical (unpaired) electrons. The number of hydrogen-bond acceptors (Lipinski definition) is 5. The number of carbonyl (C=O) groups excluding carboxylic acids is 1. The Balaban J connectivity index is 1.72. The van der Waals surface area contributed by atoms with Gasteiger partial charge < -0.3 is 15.4 Å². The standard InChI is InChI=1S/C23H23N3O2S/c1-3-5-18-14-17(8-11-20(18)28-13-12-24)15-21-22(27)26-23(29-21)25-19-9-6-16(4-2)7-10-19/h3,6-11,14-15,23,25H,1,4-5,13H2,2H3,(H,26,27)/b21-15-/t23-/m0/s1. The van der Waals surface area contributed by atoms with Gasteiger partial charge in [-0.25, -0.2) is 0 Å². The van der Waals surface area contributed by atoms with Crippen LogP contribution in [0.15, 0.2) is 60.0 Å². The highest BCUT2D eigenvalue weighted by atomic mass is 32.2. The first-order chi connectivity index (χ1) is 14.1. The minimum Gasteiger partial charge on any atom is -0.478 e. The zero-order chi connectivity index (χ0) is 20.6. The van der Waals surface area contributed by atoms with Crippen LogP contribution in [0.25, 0.3) is 6.08 Å². The third-order valence-corrected chi connectivity index (χ3v) is 5.46. The van der Waals surface area contributed by atoms with Gasteiger partial charge in [-0.2, -0.15) is 5.26 Å². The molecule has 1 amide bonds. The number of benzene rings is 2. The Labute approximate surface area is 175 Å². The summed E-state index contributed by atoms with van der Waals surface area (Å²) in [6.07, 6.45) is 5.26. The van der Waals surface area contributed by atoms with Crippen molar-refractivity contribution in [2.75, 3.05) is 11.9 Å². The maximum absolute atomic E-state index is 12.4. The second-order valence-electron chi connectivity index (χ2n) is 6.48. The molecule has 0 spiro atoms. The quantitative estimate of drug-likeness (QED) is 0.500. The number of aryl methyl sites for hydroxylation is 1. The molecule has 1 aliphatic rings. The SMILES string of the molecule is C=CCc1cc(/C=C2\S[C@@H](Nc3ccc(CC)cc3)NC2=O)ccc1OCC#N. The van der Waals surface area contributed by atoms with Crippen molar-refractivity contribution in [2.24, 2.45) is 0 Å². The summed E-state index contributed by atoms with van der Waals surface area (Å²) in [5.74, 6) is 0.556. The minimum absolute atomic E-state index is 0.00454. The molecular weight excluding hydrogens is 382 g/mol. The molecule has 1 fully saturated rings. The number of carbonyl (C=O) groups is 1. The van der Waals surface area contributed by atoms with Crippen molar-refractivity contribution in [3.63, 3.8) is 0 Å². The molecule has 0 saturated carbocycles. The van der Waals surface area contributed by atoms with Crippen LogP contribution in [0.1, 0.15) is 23.6 Å². The lowest BCUT2D eigenvalue weighted by Crippen LogP contribution is -2.30.